The first-order valence-electron chi connectivity index (χ1n) is 8.99. The van der Waals surface area contributed by atoms with Crippen LogP contribution >= 0.6 is 11.6 Å². The molecule has 1 heterocycles. The summed E-state index contributed by atoms with van der Waals surface area (Å²) in [4.78, 5) is 0. The molecule has 0 atom stereocenters. The van der Waals surface area contributed by atoms with E-state index in [0.29, 0.717) is 0 Å². The molecule has 0 amide bonds. The molecule has 0 fully saturated rings. The maximum absolute atomic E-state index is 6.28. The standard InChI is InChI=1S/C24H19ClSi/c1-26(2)23-9-4-3-7-20(23)22-14-17(11-13-24(22)26)19-8-5-6-16-10-12-18(25)15-21(16)19/h3-15H,1-2H3. The smallest absolute Gasteiger partial charge is 0.0843 e. The van der Waals surface area contributed by atoms with Gasteiger partial charge in [-0.1, -0.05) is 85.4 Å². The number of rotatable bonds is 1. The van der Waals surface area contributed by atoms with Gasteiger partial charge in [0, 0.05) is 5.02 Å². The van der Waals surface area contributed by atoms with Crippen LogP contribution in [-0.2, 0) is 0 Å². The Balaban J connectivity index is 1.78. The van der Waals surface area contributed by atoms with Gasteiger partial charge in [-0.3, -0.25) is 0 Å². The first kappa shape index (κ1) is 15.9. The van der Waals surface area contributed by atoms with E-state index in [1.165, 1.54) is 33.0 Å². The molecule has 1 aliphatic rings. The van der Waals surface area contributed by atoms with Gasteiger partial charge in [0.05, 0.1) is 0 Å². The van der Waals surface area contributed by atoms with Crippen LogP contribution in [0.2, 0.25) is 18.1 Å². The van der Waals surface area contributed by atoms with Gasteiger partial charge in [-0.15, -0.1) is 0 Å². The van der Waals surface area contributed by atoms with Gasteiger partial charge in [0.2, 0.25) is 0 Å². The van der Waals surface area contributed by atoms with E-state index >= 15 is 0 Å². The zero-order chi connectivity index (χ0) is 17.9. The zero-order valence-corrected chi connectivity index (χ0v) is 16.6. The summed E-state index contributed by atoms with van der Waals surface area (Å²) >= 11 is 6.28. The molecule has 0 saturated carbocycles. The van der Waals surface area contributed by atoms with E-state index in [9.17, 15) is 0 Å². The van der Waals surface area contributed by atoms with E-state index in [1.807, 2.05) is 6.07 Å². The minimum absolute atomic E-state index is 0.782. The van der Waals surface area contributed by atoms with Crippen LogP contribution in [0, 0.1) is 0 Å². The van der Waals surface area contributed by atoms with Gasteiger partial charge >= 0.3 is 0 Å². The van der Waals surface area contributed by atoms with Gasteiger partial charge in [0.1, 0.15) is 8.07 Å². The molecule has 26 heavy (non-hydrogen) atoms. The summed E-state index contributed by atoms with van der Waals surface area (Å²) in [5.74, 6) is 0. The second kappa shape index (κ2) is 5.57. The quantitative estimate of drug-likeness (QED) is 0.362. The Morgan fingerprint density at radius 3 is 2.31 bits per heavy atom. The van der Waals surface area contributed by atoms with Crippen LogP contribution in [0.25, 0.3) is 33.0 Å². The van der Waals surface area contributed by atoms with Crippen molar-refractivity contribution in [2.45, 2.75) is 13.1 Å². The summed E-state index contributed by atoms with van der Waals surface area (Å²) < 4.78 is 0. The summed E-state index contributed by atoms with van der Waals surface area (Å²) in [7, 11) is -1.59. The van der Waals surface area contributed by atoms with Crippen LogP contribution in [0.3, 0.4) is 0 Å². The second-order valence-electron chi connectivity index (χ2n) is 7.60. The Labute approximate surface area is 160 Å². The topological polar surface area (TPSA) is 0 Å². The van der Waals surface area contributed by atoms with Gasteiger partial charge < -0.3 is 0 Å². The molecule has 0 spiro atoms. The van der Waals surface area contributed by atoms with E-state index in [4.69, 9.17) is 11.6 Å². The van der Waals surface area contributed by atoms with Crippen LogP contribution < -0.4 is 10.4 Å². The van der Waals surface area contributed by atoms with Gasteiger partial charge in [0.15, 0.2) is 0 Å². The highest BCUT2D eigenvalue weighted by atomic mass is 35.5. The van der Waals surface area contributed by atoms with Crippen molar-refractivity contribution < 1.29 is 0 Å². The molecule has 0 bridgehead atoms. The lowest BCUT2D eigenvalue weighted by molar-refractivity contribution is 1.66. The fourth-order valence-electron chi connectivity index (χ4n) is 4.38. The first-order chi connectivity index (χ1) is 12.6. The monoisotopic (exact) mass is 370 g/mol. The van der Waals surface area contributed by atoms with Crippen LogP contribution in [0.5, 0.6) is 0 Å². The van der Waals surface area contributed by atoms with Crippen molar-refractivity contribution in [3.05, 3.63) is 83.9 Å². The number of halogens is 1. The Bertz CT molecular complexity index is 1170. The molecule has 4 aromatic carbocycles. The minimum atomic E-state index is -1.59. The predicted octanol–water partition coefficient (Wildman–Crippen LogP) is 5.96. The third-order valence-electron chi connectivity index (χ3n) is 5.74. The highest BCUT2D eigenvalue weighted by molar-refractivity contribution is 7.03. The predicted molar refractivity (Wildman–Crippen MR) is 117 cm³/mol. The second-order valence-corrected chi connectivity index (χ2v) is 12.4. The molecule has 1 aliphatic heterocycles. The third-order valence-corrected chi connectivity index (χ3v) is 9.54. The largest absolute Gasteiger partial charge is 0.113 e. The van der Waals surface area contributed by atoms with Crippen LogP contribution in [0.1, 0.15) is 0 Å². The number of benzene rings is 4. The Morgan fingerprint density at radius 1 is 0.654 bits per heavy atom. The van der Waals surface area contributed by atoms with Crippen molar-refractivity contribution >= 4 is 40.8 Å². The molecule has 0 unspecified atom stereocenters. The molecular formula is C24H19ClSi. The summed E-state index contributed by atoms with van der Waals surface area (Å²) in [5, 5.41) is 6.31. The van der Waals surface area contributed by atoms with Crippen molar-refractivity contribution in [3.63, 3.8) is 0 Å². The van der Waals surface area contributed by atoms with E-state index in [2.05, 4.69) is 85.9 Å². The molecule has 0 saturated heterocycles. The Kier molecular flexibility index (Phi) is 3.40. The number of hydrogen-bond donors (Lipinski definition) is 0. The molecule has 2 heteroatoms. The normalized spacial score (nSPS) is 14.3. The fourth-order valence-corrected chi connectivity index (χ4v) is 7.63. The molecular weight excluding hydrogens is 352 g/mol. The lowest BCUT2D eigenvalue weighted by Gasteiger charge is -2.18. The van der Waals surface area contributed by atoms with Crippen molar-refractivity contribution in [1.82, 2.24) is 0 Å². The van der Waals surface area contributed by atoms with Crippen molar-refractivity contribution in [2.75, 3.05) is 0 Å². The summed E-state index contributed by atoms with van der Waals surface area (Å²) in [5.41, 5.74) is 5.34. The van der Waals surface area contributed by atoms with Gasteiger partial charge in [-0.2, -0.15) is 0 Å². The van der Waals surface area contributed by atoms with Crippen LogP contribution in [0.4, 0.5) is 0 Å². The fraction of sp³-hybridized carbons (Fsp3) is 0.0833. The molecule has 0 nitrogen and oxygen atoms in total. The molecule has 0 aliphatic carbocycles. The van der Waals surface area contributed by atoms with Crippen LogP contribution in [-0.4, -0.2) is 8.07 Å². The summed E-state index contributed by atoms with van der Waals surface area (Å²) in [6.07, 6.45) is 0. The lowest BCUT2D eigenvalue weighted by atomic mass is 9.95. The summed E-state index contributed by atoms with van der Waals surface area (Å²) in [6.45, 7) is 4.91. The van der Waals surface area contributed by atoms with E-state index in [-0.39, 0.29) is 0 Å². The van der Waals surface area contributed by atoms with Gasteiger partial charge in [0.25, 0.3) is 0 Å². The Morgan fingerprint density at radius 2 is 1.42 bits per heavy atom. The SMILES string of the molecule is C[Si]1(C)c2ccccc2-c2cc(-c3cccc4ccc(Cl)cc34)ccc21. The Hall–Kier alpha value is -2.35. The highest BCUT2D eigenvalue weighted by Gasteiger charge is 2.37. The van der Waals surface area contributed by atoms with Crippen molar-refractivity contribution in [3.8, 4) is 22.3 Å². The van der Waals surface area contributed by atoms with Crippen LogP contribution in [0.15, 0.2) is 78.9 Å². The minimum Gasteiger partial charge on any atom is -0.0843 e. The van der Waals surface area contributed by atoms with E-state index in [1.54, 1.807) is 10.4 Å². The molecule has 126 valence electrons. The molecule has 4 aromatic rings. The van der Waals surface area contributed by atoms with E-state index in [0.717, 1.165) is 5.02 Å². The third kappa shape index (κ3) is 2.21. The molecule has 0 aromatic heterocycles. The average molecular weight is 371 g/mol. The van der Waals surface area contributed by atoms with Gasteiger partial charge in [-0.25, -0.2) is 0 Å². The molecule has 5 rings (SSSR count). The molecule has 0 radical (unpaired) electrons. The summed E-state index contributed by atoms with van der Waals surface area (Å²) in [6, 6.07) is 28.6. The molecule has 0 N–H and O–H groups in total. The average Bonchev–Trinajstić information content (AvgIpc) is 2.89. The maximum atomic E-state index is 6.28. The number of hydrogen-bond acceptors (Lipinski definition) is 0. The first-order valence-corrected chi connectivity index (χ1v) is 12.4. The maximum Gasteiger partial charge on any atom is 0.113 e. The zero-order valence-electron chi connectivity index (χ0n) is 14.9. The van der Waals surface area contributed by atoms with E-state index < -0.39 is 8.07 Å². The number of fused-ring (bicyclic) bond motifs is 4. The lowest BCUT2D eigenvalue weighted by Crippen LogP contribution is -2.49. The van der Waals surface area contributed by atoms with Crippen molar-refractivity contribution in [2.24, 2.45) is 0 Å². The van der Waals surface area contributed by atoms with Gasteiger partial charge in [-0.05, 0) is 61.6 Å². The van der Waals surface area contributed by atoms with Crippen molar-refractivity contribution in [1.29, 1.82) is 0 Å². The highest BCUT2D eigenvalue weighted by Crippen LogP contribution is 2.35.